The van der Waals surface area contributed by atoms with E-state index in [9.17, 15) is 13.2 Å². The van der Waals surface area contributed by atoms with Gasteiger partial charge in [-0.2, -0.15) is 0 Å². The lowest BCUT2D eigenvalue weighted by Gasteiger charge is -2.36. The number of halogens is 1. The van der Waals surface area contributed by atoms with Crippen molar-refractivity contribution in [2.75, 3.05) is 18.1 Å². The highest BCUT2D eigenvalue weighted by molar-refractivity contribution is 9.10. The van der Waals surface area contributed by atoms with E-state index in [-0.39, 0.29) is 29.4 Å². The molecule has 20 heavy (non-hydrogen) atoms. The lowest BCUT2D eigenvalue weighted by molar-refractivity contribution is 0.0794. The SMILES string of the molecule is CC1CS(=O)(=O)CCN1C(C)C(=O)c1ccc(Br)cc1. The Bertz CT molecular complexity index is 597. The highest BCUT2D eigenvalue weighted by Gasteiger charge is 2.33. The van der Waals surface area contributed by atoms with Crippen LogP contribution in [-0.2, 0) is 9.84 Å². The summed E-state index contributed by atoms with van der Waals surface area (Å²) in [5.41, 5.74) is 0.654. The second kappa shape index (κ2) is 5.95. The highest BCUT2D eigenvalue weighted by atomic mass is 79.9. The summed E-state index contributed by atoms with van der Waals surface area (Å²) >= 11 is 3.34. The van der Waals surface area contributed by atoms with Gasteiger partial charge in [0.25, 0.3) is 0 Å². The first-order valence-electron chi connectivity index (χ1n) is 6.56. The molecule has 1 heterocycles. The Morgan fingerprint density at radius 2 is 1.95 bits per heavy atom. The van der Waals surface area contributed by atoms with Crippen molar-refractivity contribution in [2.45, 2.75) is 25.9 Å². The summed E-state index contributed by atoms with van der Waals surface area (Å²) in [6, 6.07) is 6.82. The summed E-state index contributed by atoms with van der Waals surface area (Å²) in [6.07, 6.45) is 0. The molecule has 0 radical (unpaired) electrons. The molecule has 1 aromatic rings. The Morgan fingerprint density at radius 3 is 2.50 bits per heavy atom. The Kier molecular flexibility index (Phi) is 4.66. The number of rotatable bonds is 3. The van der Waals surface area contributed by atoms with Crippen LogP contribution in [0.25, 0.3) is 0 Å². The Hall–Kier alpha value is -0.720. The van der Waals surface area contributed by atoms with Crippen LogP contribution in [-0.4, -0.2) is 49.2 Å². The Labute approximate surface area is 128 Å². The van der Waals surface area contributed by atoms with Crippen molar-refractivity contribution in [1.82, 2.24) is 4.90 Å². The minimum absolute atomic E-state index is 0.0312. The van der Waals surface area contributed by atoms with E-state index in [0.29, 0.717) is 12.1 Å². The van der Waals surface area contributed by atoms with Crippen molar-refractivity contribution in [3.63, 3.8) is 0 Å². The van der Waals surface area contributed by atoms with Gasteiger partial charge in [-0.05, 0) is 26.0 Å². The van der Waals surface area contributed by atoms with Gasteiger partial charge in [-0.15, -0.1) is 0 Å². The van der Waals surface area contributed by atoms with E-state index in [0.717, 1.165) is 4.47 Å². The standard InChI is InChI=1S/C14H18BrNO3S/c1-10-9-20(18,19)8-7-16(10)11(2)14(17)12-3-5-13(15)6-4-12/h3-6,10-11H,7-9H2,1-2H3. The van der Waals surface area contributed by atoms with Crippen LogP contribution in [0.3, 0.4) is 0 Å². The third kappa shape index (κ3) is 3.48. The number of ketones is 1. The lowest BCUT2D eigenvalue weighted by atomic mass is 10.0. The molecule has 0 spiro atoms. The van der Waals surface area contributed by atoms with Gasteiger partial charge >= 0.3 is 0 Å². The molecule has 0 N–H and O–H groups in total. The van der Waals surface area contributed by atoms with Crippen LogP contribution in [0, 0.1) is 0 Å². The second-order valence-electron chi connectivity index (χ2n) is 5.25. The number of benzene rings is 1. The summed E-state index contributed by atoms with van der Waals surface area (Å²) in [5, 5.41) is 0. The minimum Gasteiger partial charge on any atom is -0.292 e. The van der Waals surface area contributed by atoms with Gasteiger partial charge in [-0.3, -0.25) is 9.69 Å². The molecule has 110 valence electrons. The van der Waals surface area contributed by atoms with Crippen LogP contribution >= 0.6 is 15.9 Å². The molecule has 1 aliphatic heterocycles. The van der Waals surface area contributed by atoms with Crippen LogP contribution in [0.2, 0.25) is 0 Å². The third-order valence-corrected chi connectivity index (χ3v) is 6.05. The van der Waals surface area contributed by atoms with E-state index in [1.165, 1.54) is 0 Å². The molecule has 0 aromatic heterocycles. The molecule has 1 aromatic carbocycles. The monoisotopic (exact) mass is 359 g/mol. The van der Waals surface area contributed by atoms with Gasteiger partial charge in [0.05, 0.1) is 17.5 Å². The fraction of sp³-hybridized carbons (Fsp3) is 0.500. The van der Waals surface area contributed by atoms with Gasteiger partial charge in [-0.1, -0.05) is 28.1 Å². The van der Waals surface area contributed by atoms with E-state index in [1.807, 2.05) is 30.9 Å². The van der Waals surface area contributed by atoms with Gasteiger partial charge in [0.1, 0.15) is 0 Å². The van der Waals surface area contributed by atoms with Gasteiger partial charge in [0.2, 0.25) is 0 Å². The molecule has 1 aliphatic rings. The molecular formula is C14H18BrNO3S. The summed E-state index contributed by atoms with van der Waals surface area (Å²) < 4.78 is 24.1. The van der Waals surface area contributed by atoms with Crippen LogP contribution in [0.5, 0.6) is 0 Å². The topological polar surface area (TPSA) is 54.5 Å². The minimum atomic E-state index is -2.95. The van der Waals surface area contributed by atoms with Crippen LogP contribution in [0.4, 0.5) is 0 Å². The zero-order chi connectivity index (χ0) is 14.9. The molecule has 1 fully saturated rings. The predicted octanol–water partition coefficient (Wildman–Crippen LogP) is 2.14. The van der Waals surface area contributed by atoms with Crippen LogP contribution < -0.4 is 0 Å². The van der Waals surface area contributed by atoms with Gasteiger partial charge in [-0.25, -0.2) is 8.42 Å². The summed E-state index contributed by atoms with van der Waals surface area (Å²) in [6.45, 7) is 4.13. The van der Waals surface area contributed by atoms with Gasteiger partial charge in [0, 0.05) is 22.6 Å². The van der Waals surface area contributed by atoms with E-state index in [4.69, 9.17) is 0 Å². The fourth-order valence-corrected chi connectivity index (χ4v) is 4.44. The maximum atomic E-state index is 12.5. The van der Waals surface area contributed by atoms with E-state index in [2.05, 4.69) is 15.9 Å². The first kappa shape index (κ1) is 15.7. The molecule has 0 saturated carbocycles. The molecular weight excluding hydrogens is 342 g/mol. The van der Waals surface area contributed by atoms with Crippen molar-refractivity contribution in [3.8, 4) is 0 Å². The van der Waals surface area contributed by atoms with Crippen molar-refractivity contribution < 1.29 is 13.2 Å². The zero-order valence-electron chi connectivity index (χ0n) is 11.5. The molecule has 0 amide bonds. The van der Waals surface area contributed by atoms with E-state index in [1.54, 1.807) is 12.1 Å². The van der Waals surface area contributed by atoms with Crippen molar-refractivity contribution in [3.05, 3.63) is 34.3 Å². The molecule has 0 aliphatic carbocycles. The number of hydrogen-bond acceptors (Lipinski definition) is 4. The maximum absolute atomic E-state index is 12.5. The first-order valence-corrected chi connectivity index (χ1v) is 9.17. The molecule has 1 saturated heterocycles. The number of carbonyl (C=O) groups excluding carboxylic acids is 1. The molecule has 6 heteroatoms. The van der Waals surface area contributed by atoms with E-state index >= 15 is 0 Å². The smallest absolute Gasteiger partial charge is 0.179 e. The van der Waals surface area contributed by atoms with Gasteiger partial charge in [0.15, 0.2) is 15.6 Å². The second-order valence-corrected chi connectivity index (χ2v) is 8.39. The van der Waals surface area contributed by atoms with Crippen LogP contribution in [0.15, 0.2) is 28.7 Å². The lowest BCUT2D eigenvalue weighted by Crippen LogP contribution is -2.53. The molecule has 2 rings (SSSR count). The van der Waals surface area contributed by atoms with Crippen molar-refractivity contribution in [1.29, 1.82) is 0 Å². The molecule has 2 atom stereocenters. The number of Topliss-reactive ketones (excluding diaryl/α,β-unsaturated/α-hetero) is 1. The molecule has 0 bridgehead atoms. The van der Waals surface area contributed by atoms with Gasteiger partial charge < -0.3 is 0 Å². The average molecular weight is 360 g/mol. The largest absolute Gasteiger partial charge is 0.292 e. The first-order chi connectivity index (χ1) is 9.30. The zero-order valence-corrected chi connectivity index (χ0v) is 13.9. The van der Waals surface area contributed by atoms with Crippen molar-refractivity contribution >= 4 is 31.6 Å². The van der Waals surface area contributed by atoms with Crippen molar-refractivity contribution in [2.24, 2.45) is 0 Å². The number of sulfone groups is 1. The van der Waals surface area contributed by atoms with E-state index < -0.39 is 9.84 Å². The predicted molar refractivity (Wildman–Crippen MR) is 82.8 cm³/mol. The summed E-state index contributed by atoms with van der Waals surface area (Å²) in [5.74, 6) is 0.295. The Balaban J connectivity index is 2.13. The Morgan fingerprint density at radius 1 is 1.35 bits per heavy atom. The quantitative estimate of drug-likeness (QED) is 0.775. The number of hydrogen-bond donors (Lipinski definition) is 0. The molecule has 4 nitrogen and oxygen atoms in total. The van der Waals surface area contributed by atoms with Crippen LogP contribution in [0.1, 0.15) is 24.2 Å². The average Bonchev–Trinajstić information content (AvgIpc) is 2.37. The number of nitrogens with zero attached hydrogens (tertiary/aromatic N) is 1. The number of carbonyl (C=O) groups is 1. The fourth-order valence-electron chi connectivity index (χ4n) is 2.59. The third-order valence-electron chi connectivity index (χ3n) is 3.73. The maximum Gasteiger partial charge on any atom is 0.179 e. The summed E-state index contributed by atoms with van der Waals surface area (Å²) in [4.78, 5) is 14.4. The molecule has 2 unspecified atom stereocenters. The normalized spacial score (nSPS) is 24.2. The summed E-state index contributed by atoms with van der Waals surface area (Å²) in [7, 11) is -2.95. The highest BCUT2D eigenvalue weighted by Crippen LogP contribution is 2.19.